The molecule has 0 radical (unpaired) electrons. The van der Waals surface area contributed by atoms with Crippen molar-refractivity contribution in [3.8, 4) is 5.75 Å². The fourth-order valence-electron chi connectivity index (χ4n) is 1.95. The van der Waals surface area contributed by atoms with Crippen LogP contribution in [-0.4, -0.2) is 36.5 Å². The molecule has 18 heavy (non-hydrogen) atoms. The number of likely N-dealkylation sites (N-methyl/N-ethyl adjacent to an activating group) is 1. The van der Waals surface area contributed by atoms with Crippen LogP contribution >= 0.6 is 0 Å². The lowest BCUT2D eigenvalue weighted by atomic mass is 10.1. The van der Waals surface area contributed by atoms with E-state index in [9.17, 15) is 4.79 Å². The molecule has 1 heterocycles. The van der Waals surface area contributed by atoms with Gasteiger partial charge in [-0.25, -0.2) is 0 Å². The minimum absolute atomic E-state index is 0.297. The first kappa shape index (κ1) is 12.6. The maximum Gasteiger partial charge on any atom is 0.308 e. The molecule has 0 saturated carbocycles. The van der Waals surface area contributed by atoms with E-state index in [-0.39, 0.29) is 5.97 Å². The molecule has 96 valence electrons. The van der Waals surface area contributed by atoms with Crippen molar-refractivity contribution in [3.05, 3.63) is 30.0 Å². The van der Waals surface area contributed by atoms with Crippen LogP contribution in [0, 0.1) is 0 Å². The number of nitrogens with zero attached hydrogens (tertiary/aromatic N) is 1. The summed E-state index contributed by atoms with van der Waals surface area (Å²) in [5.74, 6) is 0.282. The van der Waals surface area contributed by atoms with E-state index in [4.69, 9.17) is 4.74 Å². The second-order valence-electron chi connectivity index (χ2n) is 4.67. The predicted molar refractivity (Wildman–Crippen MR) is 71.9 cm³/mol. The third-order valence-electron chi connectivity index (χ3n) is 2.83. The lowest BCUT2D eigenvalue weighted by molar-refractivity contribution is -0.131. The lowest BCUT2D eigenvalue weighted by Gasteiger charge is -2.08. The number of ether oxygens (including phenoxy) is 1. The SMILES string of the molecule is CC(=O)Oc1ccc2c(CCN(C)C)c[nH]c2c1. The molecule has 0 bridgehead atoms. The molecule has 4 heteroatoms. The molecule has 2 aromatic rings. The Labute approximate surface area is 107 Å². The normalized spacial score (nSPS) is 11.1. The molecule has 0 fully saturated rings. The summed E-state index contributed by atoms with van der Waals surface area (Å²) in [5.41, 5.74) is 2.29. The Kier molecular flexibility index (Phi) is 3.67. The number of aromatic nitrogens is 1. The minimum Gasteiger partial charge on any atom is -0.427 e. The van der Waals surface area contributed by atoms with Crippen molar-refractivity contribution in [1.82, 2.24) is 9.88 Å². The van der Waals surface area contributed by atoms with Gasteiger partial charge in [-0.15, -0.1) is 0 Å². The summed E-state index contributed by atoms with van der Waals surface area (Å²) >= 11 is 0. The number of hydrogen-bond acceptors (Lipinski definition) is 3. The highest BCUT2D eigenvalue weighted by atomic mass is 16.5. The summed E-state index contributed by atoms with van der Waals surface area (Å²) < 4.78 is 5.06. The molecular formula is C14H18N2O2. The van der Waals surface area contributed by atoms with E-state index < -0.39 is 0 Å². The Balaban J connectivity index is 2.23. The fourth-order valence-corrected chi connectivity index (χ4v) is 1.95. The number of carbonyl (C=O) groups excluding carboxylic acids is 1. The predicted octanol–water partition coefficient (Wildman–Crippen LogP) is 2.20. The Morgan fingerprint density at radius 3 is 2.83 bits per heavy atom. The van der Waals surface area contributed by atoms with Gasteiger partial charge in [0.05, 0.1) is 0 Å². The largest absolute Gasteiger partial charge is 0.427 e. The highest BCUT2D eigenvalue weighted by Gasteiger charge is 2.06. The molecule has 1 N–H and O–H groups in total. The van der Waals surface area contributed by atoms with E-state index in [2.05, 4.69) is 24.0 Å². The standard InChI is InChI=1S/C14H18N2O2/c1-10(17)18-12-4-5-13-11(6-7-16(2)3)9-15-14(13)8-12/h4-5,8-9,15H,6-7H2,1-3H3. The van der Waals surface area contributed by atoms with E-state index in [0.717, 1.165) is 18.5 Å². The quantitative estimate of drug-likeness (QED) is 0.664. The van der Waals surface area contributed by atoms with E-state index in [1.807, 2.05) is 24.4 Å². The lowest BCUT2D eigenvalue weighted by Crippen LogP contribution is -2.14. The van der Waals surface area contributed by atoms with Crippen molar-refractivity contribution < 1.29 is 9.53 Å². The third kappa shape index (κ3) is 2.90. The van der Waals surface area contributed by atoms with Crippen LogP contribution in [0.4, 0.5) is 0 Å². The van der Waals surface area contributed by atoms with E-state index >= 15 is 0 Å². The van der Waals surface area contributed by atoms with Crippen molar-refractivity contribution in [1.29, 1.82) is 0 Å². The summed E-state index contributed by atoms with van der Waals surface area (Å²) in [7, 11) is 4.13. The molecule has 0 amide bonds. The van der Waals surface area contributed by atoms with Gasteiger partial charge in [0.2, 0.25) is 0 Å². The number of aromatic amines is 1. The molecule has 0 spiro atoms. The van der Waals surface area contributed by atoms with Crippen molar-refractivity contribution >= 4 is 16.9 Å². The maximum atomic E-state index is 10.9. The summed E-state index contributed by atoms with van der Waals surface area (Å²) in [6, 6.07) is 5.68. The number of esters is 1. The zero-order chi connectivity index (χ0) is 13.1. The number of carbonyl (C=O) groups is 1. The minimum atomic E-state index is -0.297. The maximum absolute atomic E-state index is 10.9. The summed E-state index contributed by atoms with van der Waals surface area (Å²) in [5, 5.41) is 1.19. The first-order valence-corrected chi connectivity index (χ1v) is 5.99. The van der Waals surface area contributed by atoms with E-state index in [0.29, 0.717) is 5.75 Å². The van der Waals surface area contributed by atoms with Gasteiger partial charge in [0.1, 0.15) is 5.75 Å². The van der Waals surface area contributed by atoms with E-state index in [1.54, 1.807) is 0 Å². The first-order chi connectivity index (χ1) is 8.56. The van der Waals surface area contributed by atoms with Crippen LogP contribution < -0.4 is 4.74 Å². The van der Waals surface area contributed by atoms with Gasteiger partial charge in [-0.2, -0.15) is 0 Å². The van der Waals surface area contributed by atoms with Crippen molar-refractivity contribution in [3.63, 3.8) is 0 Å². The van der Waals surface area contributed by atoms with Crippen LogP contribution in [0.2, 0.25) is 0 Å². The number of benzene rings is 1. The second kappa shape index (κ2) is 5.23. The summed E-state index contributed by atoms with van der Waals surface area (Å²) in [4.78, 5) is 16.3. The van der Waals surface area contributed by atoms with Gasteiger partial charge in [0.15, 0.2) is 0 Å². The Morgan fingerprint density at radius 2 is 2.17 bits per heavy atom. The van der Waals surface area contributed by atoms with Crippen molar-refractivity contribution in [2.45, 2.75) is 13.3 Å². The molecular weight excluding hydrogens is 228 g/mol. The van der Waals surface area contributed by atoms with Gasteiger partial charge in [0.25, 0.3) is 0 Å². The fraction of sp³-hybridized carbons (Fsp3) is 0.357. The highest BCUT2D eigenvalue weighted by molar-refractivity contribution is 5.85. The molecule has 0 saturated heterocycles. The summed E-state index contributed by atoms with van der Waals surface area (Å²) in [6.45, 7) is 2.42. The molecule has 0 aliphatic rings. The van der Waals surface area contributed by atoms with Gasteiger partial charge < -0.3 is 14.6 Å². The molecule has 0 unspecified atom stereocenters. The van der Waals surface area contributed by atoms with E-state index in [1.165, 1.54) is 17.9 Å². The van der Waals surface area contributed by atoms with Crippen LogP contribution in [-0.2, 0) is 11.2 Å². The molecule has 1 aromatic heterocycles. The monoisotopic (exact) mass is 246 g/mol. The Morgan fingerprint density at radius 1 is 1.39 bits per heavy atom. The number of H-pyrrole nitrogens is 1. The van der Waals surface area contributed by atoms with Crippen molar-refractivity contribution in [2.75, 3.05) is 20.6 Å². The van der Waals surface area contributed by atoms with Crippen LogP contribution in [0.5, 0.6) is 5.75 Å². The third-order valence-corrected chi connectivity index (χ3v) is 2.83. The zero-order valence-corrected chi connectivity index (χ0v) is 11.0. The first-order valence-electron chi connectivity index (χ1n) is 5.99. The molecule has 0 atom stereocenters. The number of rotatable bonds is 4. The average molecular weight is 246 g/mol. The number of fused-ring (bicyclic) bond motifs is 1. The number of nitrogens with one attached hydrogen (secondary N) is 1. The molecule has 0 aliphatic carbocycles. The zero-order valence-electron chi connectivity index (χ0n) is 11.0. The van der Waals surface area contributed by atoms with Crippen LogP contribution in [0.25, 0.3) is 10.9 Å². The van der Waals surface area contributed by atoms with Gasteiger partial charge in [-0.1, -0.05) is 0 Å². The Bertz CT molecular complexity index is 558. The van der Waals surface area contributed by atoms with Gasteiger partial charge in [0, 0.05) is 36.6 Å². The number of hydrogen-bond donors (Lipinski definition) is 1. The second-order valence-corrected chi connectivity index (χ2v) is 4.67. The van der Waals surface area contributed by atoms with Gasteiger partial charge in [-0.3, -0.25) is 4.79 Å². The molecule has 1 aromatic carbocycles. The molecule has 0 aliphatic heterocycles. The van der Waals surface area contributed by atoms with Gasteiger partial charge in [-0.05, 0) is 38.2 Å². The summed E-state index contributed by atoms with van der Waals surface area (Å²) in [6.07, 6.45) is 3.02. The topological polar surface area (TPSA) is 45.3 Å². The van der Waals surface area contributed by atoms with Gasteiger partial charge >= 0.3 is 5.97 Å². The van der Waals surface area contributed by atoms with Crippen LogP contribution in [0.1, 0.15) is 12.5 Å². The molecule has 4 nitrogen and oxygen atoms in total. The highest BCUT2D eigenvalue weighted by Crippen LogP contribution is 2.23. The van der Waals surface area contributed by atoms with Crippen LogP contribution in [0.3, 0.4) is 0 Å². The average Bonchev–Trinajstić information content (AvgIpc) is 2.68. The Hall–Kier alpha value is -1.81. The smallest absolute Gasteiger partial charge is 0.308 e. The van der Waals surface area contributed by atoms with Crippen molar-refractivity contribution in [2.24, 2.45) is 0 Å². The van der Waals surface area contributed by atoms with Crippen LogP contribution in [0.15, 0.2) is 24.4 Å². The molecule has 2 rings (SSSR count).